The maximum atomic E-state index is 6.09. The maximum absolute atomic E-state index is 6.09. The Morgan fingerprint density at radius 2 is 2.00 bits per heavy atom. The second kappa shape index (κ2) is 5.95. The van der Waals surface area contributed by atoms with E-state index in [-0.39, 0.29) is 18.2 Å². The van der Waals surface area contributed by atoms with Gasteiger partial charge in [-0.25, -0.2) is 0 Å². The van der Waals surface area contributed by atoms with Crippen molar-refractivity contribution in [3.63, 3.8) is 0 Å². The average molecular weight is 287 g/mol. The van der Waals surface area contributed by atoms with Gasteiger partial charge in [0.15, 0.2) is 5.82 Å². The summed E-state index contributed by atoms with van der Waals surface area (Å²) in [4.78, 5) is 6.69. The molecule has 0 unspecified atom stereocenters. The van der Waals surface area contributed by atoms with Gasteiger partial charge in [-0.3, -0.25) is 4.90 Å². The fourth-order valence-corrected chi connectivity index (χ4v) is 2.79. The Bertz CT molecular complexity index is 584. The molecule has 0 N–H and O–H groups in total. The maximum Gasteiger partial charge on any atom is 0.243 e. The Hall–Kier alpha value is -1.72. The lowest BCUT2D eigenvalue weighted by atomic mass is 10.1. The van der Waals surface area contributed by atoms with Crippen LogP contribution in [0.2, 0.25) is 0 Å². The van der Waals surface area contributed by atoms with Crippen LogP contribution in [0.3, 0.4) is 0 Å². The molecule has 112 valence electrons. The highest BCUT2D eigenvalue weighted by Gasteiger charge is 2.31. The fourth-order valence-electron chi connectivity index (χ4n) is 2.79. The van der Waals surface area contributed by atoms with Crippen LogP contribution in [0.25, 0.3) is 0 Å². The van der Waals surface area contributed by atoms with Crippen LogP contribution in [0.1, 0.15) is 43.3 Å². The van der Waals surface area contributed by atoms with Crippen LogP contribution >= 0.6 is 0 Å². The van der Waals surface area contributed by atoms with Crippen LogP contribution in [0.5, 0.6) is 0 Å². The normalized spacial score (nSPS) is 24.9. The zero-order valence-corrected chi connectivity index (χ0v) is 12.7. The minimum Gasteiger partial charge on any atom is -0.368 e. The molecule has 5 heteroatoms. The molecule has 2 heterocycles. The van der Waals surface area contributed by atoms with E-state index in [1.807, 2.05) is 25.1 Å². The molecular weight excluding hydrogens is 266 g/mol. The van der Waals surface area contributed by atoms with Gasteiger partial charge in [0.25, 0.3) is 0 Å². The van der Waals surface area contributed by atoms with Crippen molar-refractivity contribution >= 4 is 0 Å². The highest BCUT2D eigenvalue weighted by atomic mass is 16.5. The molecule has 0 aliphatic carbocycles. The van der Waals surface area contributed by atoms with Gasteiger partial charge in [-0.05, 0) is 26.3 Å². The van der Waals surface area contributed by atoms with Gasteiger partial charge in [0.2, 0.25) is 5.89 Å². The summed E-state index contributed by atoms with van der Waals surface area (Å²) in [5, 5.41) is 3.88. The van der Waals surface area contributed by atoms with Crippen molar-refractivity contribution in [3.05, 3.63) is 47.6 Å². The zero-order chi connectivity index (χ0) is 14.8. The van der Waals surface area contributed by atoms with E-state index >= 15 is 0 Å². The molecule has 1 fully saturated rings. The molecule has 0 spiro atoms. The monoisotopic (exact) mass is 287 g/mol. The Labute approximate surface area is 124 Å². The van der Waals surface area contributed by atoms with E-state index in [0.717, 1.165) is 13.1 Å². The van der Waals surface area contributed by atoms with Gasteiger partial charge in [0.1, 0.15) is 0 Å². The summed E-state index contributed by atoms with van der Waals surface area (Å²) in [5.74, 6) is 1.35. The first-order valence-electron chi connectivity index (χ1n) is 7.38. The molecule has 1 aromatic heterocycles. The van der Waals surface area contributed by atoms with Gasteiger partial charge in [0.05, 0.1) is 18.2 Å². The van der Waals surface area contributed by atoms with Crippen molar-refractivity contribution in [1.82, 2.24) is 15.0 Å². The summed E-state index contributed by atoms with van der Waals surface area (Å²) in [6.45, 7) is 7.75. The third-order valence-corrected chi connectivity index (χ3v) is 3.91. The predicted molar refractivity (Wildman–Crippen MR) is 78.8 cm³/mol. The molecule has 1 saturated heterocycles. The van der Waals surface area contributed by atoms with E-state index in [4.69, 9.17) is 9.26 Å². The van der Waals surface area contributed by atoms with Crippen LogP contribution < -0.4 is 0 Å². The molecule has 21 heavy (non-hydrogen) atoms. The first kappa shape index (κ1) is 14.2. The summed E-state index contributed by atoms with van der Waals surface area (Å²) in [6, 6.07) is 10.5. The van der Waals surface area contributed by atoms with Crippen LogP contribution in [-0.2, 0) is 4.74 Å². The molecule has 0 amide bonds. The molecular formula is C16H21N3O2. The van der Waals surface area contributed by atoms with Gasteiger partial charge in [-0.15, -0.1) is 0 Å². The highest BCUT2D eigenvalue weighted by Crippen LogP contribution is 2.30. The Morgan fingerprint density at radius 1 is 1.24 bits per heavy atom. The number of nitrogens with zero attached hydrogens (tertiary/aromatic N) is 3. The summed E-state index contributed by atoms with van der Waals surface area (Å²) in [6.07, 6.45) is 0.261. The molecule has 1 aliphatic heterocycles. The van der Waals surface area contributed by atoms with Crippen LogP contribution in [0.4, 0.5) is 0 Å². The average Bonchev–Trinajstić information content (AvgIpc) is 2.93. The lowest BCUT2D eigenvalue weighted by molar-refractivity contribution is -0.0922. The van der Waals surface area contributed by atoms with E-state index in [1.165, 1.54) is 5.56 Å². The SMILES string of the molecule is Cc1noc([C@H](C)N2C[C@H](C)O[C@@H](c3ccccc3)C2)n1. The van der Waals surface area contributed by atoms with E-state index in [2.05, 4.69) is 41.0 Å². The molecule has 2 aromatic rings. The van der Waals surface area contributed by atoms with Crippen molar-refractivity contribution in [2.24, 2.45) is 0 Å². The van der Waals surface area contributed by atoms with Crippen LogP contribution in [0.15, 0.2) is 34.9 Å². The van der Waals surface area contributed by atoms with Crippen molar-refractivity contribution in [2.75, 3.05) is 13.1 Å². The topological polar surface area (TPSA) is 51.4 Å². The van der Waals surface area contributed by atoms with E-state index in [0.29, 0.717) is 11.7 Å². The lowest BCUT2D eigenvalue weighted by Gasteiger charge is -2.39. The second-order valence-electron chi connectivity index (χ2n) is 5.66. The third kappa shape index (κ3) is 3.14. The van der Waals surface area contributed by atoms with Crippen molar-refractivity contribution < 1.29 is 9.26 Å². The second-order valence-corrected chi connectivity index (χ2v) is 5.66. The van der Waals surface area contributed by atoms with Gasteiger partial charge in [-0.1, -0.05) is 35.5 Å². The molecule has 3 rings (SSSR count). The predicted octanol–water partition coefficient (Wildman–Crippen LogP) is 2.90. The smallest absolute Gasteiger partial charge is 0.243 e. The zero-order valence-electron chi connectivity index (χ0n) is 12.7. The van der Waals surface area contributed by atoms with Crippen LogP contribution in [-0.4, -0.2) is 34.2 Å². The van der Waals surface area contributed by atoms with Crippen molar-refractivity contribution in [2.45, 2.75) is 39.0 Å². The lowest BCUT2D eigenvalue weighted by Crippen LogP contribution is -2.44. The molecule has 5 nitrogen and oxygen atoms in total. The molecule has 0 radical (unpaired) electrons. The summed E-state index contributed by atoms with van der Waals surface area (Å²) in [5.41, 5.74) is 1.21. The Morgan fingerprint density at radius 3 is 2.67 bits per heavy atom. The minimum absolute atomic E-state index is 0.0846. The quantitative estimate of drug-likeness (QED) is 0.868. The van der Waals surface area contributed by atoms with Gasteiger partial charge < -0.3 is 9.26 Å². The number of hydrogen-bond acceptors (Lipinski definition) is 5. The largest absolute Gasteiger partial charge is 0.368 e. The molecule has 0 saturated carbocycles. The van der Waals surface area contributed by atoms with Crippen LogP contribution in [0, 0.1) is 6.92 Å². The molecule has 0 bridgehead atoms. The highest BCUT2D eigenvalue weighted by molar-refractivity contribution is 5.18. The standard InChI is InChI=1S/C16H21N3O2/c1-11-9-19(12(2)16-17-13(3)18-21-16)10-15(20-11)14-7-5-4-6-8-14/h4-8,11-12,15H,9-10H2,1-3H3/t11-,12-,15+/m0/s1. The van der Waals surface area contributed by atoms with Gasteiger partial charge >= 0.3 is 0 Å². The third-order valence-electron chi connectivity index (χ3n) is 3.91. The molecule has 1 aromatic carbocycles. The Balaban J connectivity index is 1.77. The molecule has 3 atom stereocenters. The first-order chi connectivity index (χ1) is 10.1. The summed E-state index contributed by atoms with van der Waals surface area (Å²) >= 11 is 0. The van der Waals surface area contributed by atoms with E-state index in [9.17, 15) is 0 Å². The molecule has 1 aliphatic rings. The van der Waals surface area contributed by atoms with E-state index in [1.54, 1.807) is 0 Å². The first-order valence-corrected chi connectivity index (χ1v) is 7.38. The number of benzene rings is 1. The van der Waals surface area contributed by atoms with Crippen molar-refractivity contribution in [1.29, 1.82) is 0 Å². The summed E-state index contributed by atoms with van der Waals surface area (Å²) < 4.78 is 11.4. The number of aryl methyl sites for hydroxylation is 1. The number of ether oxygens (including phenoxy) is 1. The van der Waals surface area contributed by atoms with Crippen molar-refractivity contribution in [3.8, 4) is 0 Å². The van der Waals surface area contributed by atoms with E-state index < -0.39 is 0 Å². The van der Waals surface area contributed by atoms with Gasteiger partial charge in [0, 0.05) is 13.1 Å². The fraction of sp³-hybridized carbons (Fsp3) is 0.500. The van der Waals surface area contributed by atoms with Gasteiger partial charge in [-0.2, -0.15) is 4.98 Å². The Kier molecular flexibility index (Phi) is 4.03. The number of morpholine rings is 1. The number of rotatable bonds is 3. The number of hydrogen-bond donors (Lipinski definition) is 0. The minimum atomic E-state index is 0.0846. The summed E-state index contributed by atoms with van der Waals surface area (Å²) in [7, 11) is 0. The number of aromatic nitrogens is 2.